The van der Waals surface area contributed by atoms with Crippen LogP contribution in [0.5, 0.6) is 17.2 Å². The predicted molar refractivity (Wildman–Crippen MR) is 113 cm³/mol. The van der Waals surface area contributed by atoms with Crippen LogP contribution in [0, 0.1) is 0 Å². The maximum absolute atomic E-state index is 11.1. The number of piperazine rings is 1. The van der Waals surface area contributed by atoms with E-state index in [4.69, 9.17) is 14.2 Å². The van der Waals surface area contributed by atoms with Crippen molar-refractivity contribution in [2.45, 2.75) is 19.6 Å². The number of rotatable bonds is 9. The Morgan fingerprint density at radius 3 is 2.10 bits per heavy atom. The summed E-state index contributed by atoms with van der Waals surface area (Å²) in [6.45, 7) is 7.98. The molecule has 0 spiro atoms. The zero-order valence-corrected chi connectivity index (χ0v) is 17.5. The molecule has 0 unspecified atom stereocenters. The highest BCUT2D eigenvalue weighted by atomic mass is 16.5. The summed E-state index contributed by atoms with van der Waals surface area (Å²) in [7, 11) is 3.12. The normalized spacial score (nSPS) is 16.2. The van der Waals surface area contributed by atoms with E-state index in [0.29, 0.717) is 22.8 Å². The van der Waals surface area contributed by atoms with Crippen LogP contribution in [0.4, 0.5) is 0 Å². The van der Waals surface area contributed by atoms with E-state index in [9.17, 15) is 4.79 Å². The van der Waals surface area contributed by atoms with E-state index in [-0.39, 0.29) is 6.10 Å². The molecule has 0 bridgehead atoms. The molecule has 1 fully saturated rings. The predicted octanol–water partition coefficient (Wildman–Crippen LogP) is 3.10. The van der Waals surface area contributed by atoms with Crippen molar-refractivity contribution >= 4 is 6.29 Å². The minimum absolute atomic E-state index is 0.0412. The number of hydrogen-bond donors (Lipinski definition) is 0. The second-order valence-electron chi connectivity index (χ2n) is 7.36. The lowest BCUT2D eigenvalue weighted by molar-refractivity contribution is 0.0849. The standard InChI is InChI=1S/C23H30N2O4/c1-18(29-23-21(27-2)13-20(17-26)14-22(23)28-3)15-24-9-11-25(12-10-24)16-19-7-5-4-6-8-19/h4-8,13-14,17-18H,9-12,15-16H2,1-3H3/t18-/m1/s1. The van der Waals surface area contributed by atoms with Crippen LogP contribution in [0.2, 0.25) is 0 Å². The number of hydrogen-bond acceptors (Lipinski definition) is 6. The van der Waals surface area contributed by atoms with Gasteiger partial charge < -0.3 is 14.2 Å². The van der Waals surface area contributed by atoms with Gasteiger partial charge in [-0.1, -0.05) is 30.3 Å². The average molecular weight is 399 g/mol. The van der Waals surface area contributed by atoms with Crippen LogP contribution in [0.3, 0.4) is 0 Å². The first kappa shape index (κ1) is 21.1. The van der Waals surface area contributed by atoms with E-state index in [1.807, 2.05) is 6.92 Å². The van der Waals surface area contributed by atoms with Gasteiger partial charge in [0, 0.05) is 44.8 Å². The molecular formula is C23H30N2O4. The molecule has 1 atom stereocenters. The Morgan fingerprint density at radius 1 is 0.966 bits per heavy atom. The molecule has 0 saturated carbocycles. The molecule has 1 aliphatic rings. The molecule has 1 saturated heterocycles. The molecule has 1 heterocycles. The maximum atomic E-state index is 11.1. The Hall–Kier alpha value is -2.57. The van der Waals surface area contributed by atoms with Crippen molar-refractivity contribution < 1.29 is 19.0 Å². The van der Waals surface area contributed by atoms with Gasteiger partial charge in [-0.05, 0) is 24.6 Å². The van der Waals surface area contributed by atoms with Crippen molar-refractivity contribution in [1.82, 2.24) is 9.80 Å². The minimum atomic E-state index is -0.0412. The van der Waals surface area contributed by atoms with Gasteiger partial charge >= 0.3 is 0 Å². The first-order valence-electron chi connectivity index (χ1n) is 9.99. The molecule has 6 nitrogen and oxygen atoms in total. The average Bonchev–Trinajstić information content (AvgIpc) is 2.75. The van der Waals surface area contributed by atoms with E-state index >= 15 is 0 Å². The van der Waals surface area contributed by atoms with Crippen LogP contribution < -0.4 is 14.2 Å². The van der Waals surface area contributed by atoms with E-state index in [1.165, 1.54) is 5.56 Å². The SMILES string of the molecule is COc1cc(C=O)cc(OC)c1O[C@H](C)CN1CCN(Cc2ccccc2)CC1. The Labute approximate surface area is 173 Å². The molecule has 2 aromatic carbocycles. The Balaban J connectivity index is 1.54. The van der Waals surface area contributed by atoms with Gasteiger partial charge in [0.05, 0.1) is 14.2 Å². The molecule has 1 aliphatic heterocycles. The summed E-state index contributed by atoms with van der Waals surface area (Å²) in [6.07, 6.45) is 0.730. The fourth-order valence-electron chi connectivity index (χ4n) is 3.66. The van der Waals surface area contributed by atoms with E-state index < -0.39 is 0 Å². The third kappa shape index (κ3) is 5.71. The largest absolute Gasteiger partial charge is 0.493 e. The summed E-state index contributed by atoms with van der Waals surface area (Å²) in [6, 6.07) is 13.9. The smallest absolute Gasteiger partial charge is 0.203 e. The van der Waals surface area contributed by atoms with Gasteiger partial charge in [0.2, 0.25) is 5.75 Å². The molecule has 2 aromatic rings. The molecule has 3 rings (SSSR count). The number of benzene rings is 2. The lowest BCUT2D eigenvalue weighted by Gasteiger charge is -2.36. The maximum Gasteiger partial charge on any atom is 0.203 e. The van der Waals surface area contributed by atoms with Crippen LogP contribution >= 0.6 is 0 Å². The summed E-state index contributed by atoms with van der Waals surface area (Å²) in [5, 5.41) is 0. The summed E-state index contributed by atoms with van der Waals surface area (Å²) in [5.74, 6) is 1.55. The van der Waals surface area contributed by atoms with Gasteiger partial charge in [0.15, 0.2) is 11.5 Å². The van der Waals surface area contributed by atoms with Crippen LogP contribution in [0.25, 0.3) is 0 Å². The Morgan fingerprint density at radius 2 is 1.55 bits per heavy atom. The molecule has 156 valence electrons. The zero-order valence-electron chi connectivity index (χ0n) is 17.5. The van der Waals surface area contributed by atoms with Gasteiger partial charge in [-0.25, -0.2) is 0 Å². The van der Waals surface area contributed by atoms with Gasteiger partial charge in [-0.3, -0.25) is 14.6 Å². The highest BCUT2D eigenvalue weighted by molar-refractivity contribution is 5.78. The second-order valence-corrected chi connectivity index (χ2v) is 7.36. The van der Waals surface area contributed by atoms with E-state index in [2.05, 4.69) is 40.1 Å². The number of carbonyl (C=O) groups excluding carboxylic acids is 1. The number of ether oxygens (including phenoxy) is 3. The first-order valence-corrected chi connectivity index (χ1v) is 9.99. The van der Waals surface area contributed by atoms with Crippen LogP contribution in [0.1, 0.15) is 22.8 Å². The Bertz CT molecular complexity index is 764. The third-order valence-corrected chi connectivity index (χ3v) is 5.17. The summed E-state index contributed by atoms with van der Waals surface area (Å²) < 4.78 is 17.0. The van der Waals surface area contributed by atoms with E-state index in [0.717, 1.165) is 45.6 Å². The summed E-state index contributed by atoms with van der Waals surface area (Å²) in [5.41, 5.74) is 1.85. The number of methoxy groups -OCH3 is 2. The van der Waals surface area contributed by atoms with Gasteiger partial charge in [-0.2, -0.15) is 0 Å². The fourth-order valence-corrected chi connectivity index (χ4v) is 3.66. The molecule has 0 aromatic heterocycles. The number of carbonyl (C=O) groups is 1. The lowest BCUT2D eigenvalue weighted by atomic mass is 10.2. The highest BCUT2D eigenvalue weighted by Crippen LogP contribution is 2.39. The van der Waals surface area contributed by atoms with Gasteiger partial charge in [-0.15, -0.1) is 0 Å². The van der Waals surface area contributed by atoms with Crippen molar-refractivity contribution in [2.24, 2.45) is 0 Å². The van der Waals surface area contributed by atoms with Gasteiger partial charge in [0.1, 0.15) is 12.4 Å². The lowest BCUT2D eigenvalue weighted by Crippen LogP contribution is -2.48. The molecule has 29 heavy (non-hydrogen) atoms. The minimum Gasteiger partial charge on any atom is -0.493 e. The topological polar surface area (TPSA) is 51.2 Å². The molecule has 6 heteroatoms. The number of aldehydes is 1. The van der Waals surface area contributed by atoms with Crippen molar-refractivity contribution in [3.05, 3.63) is 53.6 Å². The van der Waals surface area contributed by atoms with Gasteiger partial charge in [0.25, 0.3) is 0 Å². The molecular weight excluding hydrogens is 368 g/mol. The second kappa shape index (κ2) is 10.3. The summed E-state index contributed by atoms with van der Waals surface area (Å²) in [4.78, 5) is 16.0. The van der Waals surface area contributed by atoms with Crippen molar-refractivity contribution in [1.29, 1.82) is 0 Å². The molecule has 0 aliphatic carbocycles. The van der Waals surface area contributed by atoms with Crippen LogP contribution in [0.15, 0.2) is 42.5 Å². The fraction of sp³-hybridized carbons (Fsp3) is 0.435. The molecule has 0 N–H and O–H groups in total. The van der Waals surface area contributed by atoms with Crippen molar-refractivity contribution in [3.63, 3.8) is 0 Å². The van der Waals surface area contributed by atoms with Crippen LogP contribution in [-0.4, -0.2) is 69.1 Å². The molecule has 0 radical (unpaired) electrons. The number of nitrogens with zero attached hydrogens (tertiary/aromatic N) is 2. The monoisotopic (exact) mass is 398 g/mol. The van der Waals surface area contributed by atoms with Crippen molar-refractivity contribution in [3.8, 4) is 17.2 Å². The molecule has 0 amide bonds. The van der Waals surface area contributed by atoms with E-state index in [1.54, 1.807) is 26.4 Å². The first-order chi connectivity index (χ1) is 14.1. The van der Waals surface area contributed by atoms with Crippen LogP contribution in [-0.2, 0) is 6.54 Å². The zero-order chi connectivity index (χ0) is 20.6. The van der Waals surface area contributed by atoms with Crippen molar-refractivity contribution in [2.75, 3.05) is 46.9 Å². The summed E-state index contributed by atoms with van der Waals surface area (Å²) >= 11 is 0. The highest BCUT2D eigenvalue weighted by Gasteiger charge is 2.21. The Kier molecular flexibility index (Phi) is 7.49. The quantitative estimate of drug-likeness (QED) is 0.605. The third-order valence-electron chi connectivity index (χ3n) is 5.17.